The molecule has 0 aromatic rings. The molecule has 3 heterocycles. The summed E-state index contributed by atoms with van der Waals surface area (Å²) < 4.78 is 34.8. The van der Waals surface area contributed by atoms with E-state index < -0.39 is 148 Å². The molecule has 0 spiro atoms. The van der Waals surface area contributed by atoms with Crippen molar-refractivity contribution in [2.45, 2.75) is 349 Å². The van der Waals surface area contributed by atoms with E-state index in [4.69, 9.17) is 28.4 Å². The maximum absolute atomic E-state index is 13.4. The summed E-state index contributed by atoms with van der Waals surface area (Å²) in [6.07, 6.45) is 8.38. The van der Waals surface area contributed by atoms with E-state index in [9.17, 15) is 75.7 Å². The second kappa shape index (κ2) is 44.2. The molecule has 3 fully saturated rings. The Morgan fingerprint density at radius 1 is 0.565 bits per heavy atom. The number of aliphatic hydroxyl groups excluding tert-OH is 11. The lowest BCUT2D eigenvalue weighted by molar-refractivity contribution is -0.386. The minimum absolute atomic E-state index is 0.227. The summed E-state index contributed by atoms with van der Waals surface area (Å²) in [7, 11) is 0. The molecule has 0 bridgehead atoms. The number of carbonyl (C=O) groups is 3. The molecule has 3 saturated heterocycles. The molecule has 0 aliphatic carbocycles. The second-order valence-corrected chi connectivity index (χ2v) is 24.3. The first-order chi connectivity index (χ1) is 40.9. The average Bonchev–Trinajstić information content (AvgIpc) is 2.28. The Kier molecular flexibility index (Phi) is 40.1. The largest absolute Gasteiger partial charge is 0.477 e. The van der Waals surface area contributed by atoms with Crippen LogP contribution in [0.2, 0.25) is 0 Å². The quantitative estimate of drug-likeness (QED) is 0.0371. The molecule has 18 unspecified atom stereocenters. The van der Waals surface area contributed by atoms with Crippen LogP contribution in [0.5, 0.6) is 0 Å². The van der Waals surface area contributed by atoms with Gasteiger partial charge in [-0.15, -0.1) is 0 Å². The summed E-state index contributed by atoms with van der Waals surface area (Å²) >= 11 is 0. The lowest BCUT2D eigenvalue weighted by Gasteiger charge is -2.50. The van der Waals surface area contributed by atoms with E-state index in [0.717, 1.165) is 58.3 Å². The third-order valence-corrected chi connectivity index (χ3v) is 17.1. The Labute approximate surface area is 506 Å². The highest BCUT2D eigenvalue weighted by molar-refractivity contribution is 5.77. The lowest BCUT2D eigenvalue weighted by atomic mass is 9.88. The van der Waals surface area contributed by atoms with Crippen molar-refractivity contribution in [2.24, 2.45) is 0 Å². The van der Waals surface area contributed by atoms with E-state index in [2.05, 4.69) is 24.5 Å². The van der Waals surface area contributed by atoms with Crippen LogP contribution in [0, 0.1) is 0 Å². The Hall–Kier alpha value is -2.27. The smallest absolute Gasteiger partial charge is 0.364 e. The molecule has 0 saturated carbocycles. The van der Waals surface area contributed by atoms with Gasteiger partial charge in [0.1, 0.15) is 67.1 Å². The number of nitrogens with one attached hydrogen (secondary N) is 2. The normalized spacial score (nSPS) is 29.5. The Morgan fingerprint density at radius 2 is 1.02 bits per heavy atom. The molecular weight excluding hydrogens is 1110 g/mol. The van der Waals surface area contributed by atoms with Gasteiger partial charge < -0.3 is 100 Å². The highest BCUT2D eigenvalue weighted by atomic mass is 16.8. The summed E-state index contributed by atoms with van der Waals surface area (Å²) in [4.78, 5) is 38.4. The molecule has 14 N–H and O–H groups in total. The molecule has 18 atom stereocenters. The van der Waals surface area contributed by atoms with Crippen LogP contribution in [0.15, 0.2) is 0 Å². The first kappa shape index (κ1) is 77.0. The second-order valence-electron chi connectivity index (χ2n) is 24.3. The molecule has 2 amide bonds. The SMILES string of the molecule is CCCCCCCCCCCCCCCCCCCCCCC(O)C(COC1OC(CO)C(OC2OC(CO)C(O)C(OC3(C(=O)O)CC(O)C(NC(C)=O)C(C(O)C(O)CO)O3)C2O)C(O)C1O)NC(=O)CCCCCCCCCCCCC. The van der Waals surface area contributed by atoms with Gasteiger partial charge in [-0.3, -0.25) is 9.59 Å². The first-order valence-corrected chi connectivity index (χ1v) is 32.9. The van der Waals surface area contributed by atoms with Crippen molar-refractivity contribution in [1.82, 2.24) is 10.6 Å². The summed E-state index contributed by atoms with van der Waals surface area (Å²) in [6, 6.07) is -2.52. The van der Waals surface area contributed by atoms with Crippen LogP contribution < -0.4 is 10.6 Å². The minimum atomic E-state index is -3.08. The molecule has 3 aliphatic rings. The topological polar surface area (TPSA) is 373 Å². The molecule has 500 valence electrons. The van der Waals surface area contributed by atoms with Crippen molar-refractivity contribution in [1.29, 1.82) is 0 Å². The van der Waals surface area contributed by atoms with Crippen molar-refractivity contribution in [3.63, 3.8) is 0 Å². The molecule has 23 nitrogen and oxygen atoms in total. The molecule has 3 rings (SSSR count). The highest BCUT2D eigenvalue weighted by Crippen LogP contribution is 2.39. The number of carboxylic acids is 1. The van der Waals surface area contributed by atoms with Gasteiger partial charge in [-0.05, 0) is 12.8 Å². The van der Waals surface area contributed by atoms with E-state index in [-0.39, 0.29) is 18.9 Å². The number of unbranched alkanes of at least 4 members (excludes halogenated alkanes) is 29. The zero-order valence-corrected chi connectivity index (χ0v) is 51.7. The zero-order chi connectivity index (χ0) is 62.6. The Bertz CT molecular complexity index is 1740. The van der Waals surface area contributed by atoms with Gasteiger partial charge in [0.25, 0.3) is 5.79 Å². The number of amides is 2. The maximum Gasteiger partial charge on any atom is 0.364 e. The fraction of sp³-hybridized carbons (Fsp3) is 0.952. The summed E-state index contributed by atoms with van der Waals surface area (Å²) in [5, 5.41) is 136. The number of ether oxygens (including phenoxy) is 6. The van der Waals surface area contributed by atoms with Crippen LogP contribution in [-0.4, -0.2) is 215 Å². The monoisotopic (exact) mass is 1220 g/mol. The molecule has 23 heteroatoms. The fourth-order valence-corrected chi connectivity index (χ4v) is 11.8. The third-order valence-electron chi connectivity index (χ3n) is 17.1. The first-order valence-electron chi connectivity index (χ1n) is 32.9. The number of aliphatic carboxylic acids is 1. The Balaban J connectivity index is 1.61. The van der Waals surface area contributed by atoms with Crippen LogP contribution >= 0.6 is 0 Å². The summed E-state index contributed by atoms with van der Waals surface area (Å²) in [5.74, 6) is -6.10. The fourth-order valence-electron chi connectivity index (χ4n) is 11.8. The van der Waals surface area contributed by atoms with Crippen molar-refractivity contribution in [3.8, 4) is 0 Å². The van der Waals surface area contributed by atoms with Crippen LogP contribution in [-0.2, 0) is 42.8 Å². The van der Waals surface area contributed by atoms with E-state index in [1.165, 1.54) is 135 Å². The number of carbonyl (C=O) groups excluding carboxylic acids is 2. The van der Waals surface area contributed by atoms with Crippen LogP contribution in [0.25, 0.3) is 0 Å². The lowest BCUT2D eigenvalue weighted by Crippen LogP contribution is -2.70. The molecule has 0 radical (unpaired) electrons. The van der Waals surface area contributed by atoms with Crippen molar-refractivity contribution in [2.75, 3.05) is 26.4 Å². The number of hydrogen-bond acceptors (Lipinski definition) is 20. The molecular formula is C62H116N2O21. The minimum Gasteiger partial charge on any atom is -0.477 e. The van der Waals surface area contributed by atoms with E-state index in [0.29, 0.717) is 19.3 Å². The maximum atomic E-state index is 13.4. The average molecular weight is 1230 g/mol. The zero-order valence-electron chi connectivity index (χ0n) is 51.7. The Morgan fingerprint density at radius 3 is 1.47 bits per heavy atom. The van der Waals surface area contributed by atoms with Gasteiger partial charge in [0.15, 0.2) is 12.6 Å². The number of aliphatic hydroxyl groups is 11. The van der Waals surface area contributed by atoms with E-state index in [1.807, 2.05) is 0 Å². The van der Waals surface area contributed by atoms with Gasteiger partial charge in [-0.2, -0.15) is 0 Å². The van der Waals surface area contributed by atoms with E-state index >= 15 is 0 Å². The van der Waals surface area contributed by atoms with Crippen LogP contribution in [0.3, 0.4) is 0 Å². The number of hydrogen-bond donors (Lipinski definition) is 14. The van der Waals surface area contributed by atoms with Gasteiger partial charge in [0.05, 0.1) is 50.7 Å². The molecule has 0 aromatic carbocycles. The summed E-state index contributed by atoms with van der Waals surface area (Å²) in [6.45, 7) is 2.19. The standard InChI is InChI=1S/C62H116N2O21/c1-4-6-8-10-12-14-16-17-18-19-20-21-22-23-24-26-27-29-31-33-35-44(69)43(64-49(72)36-34-32-30-28-25-15-13-11-9-7-5-2)41-80-59-54(76)53(75)56(48(40-67)82-59)83-60-55(77)58(52(74)47(39-66)81-60)85-62(61(78)79)37-45(70)50(63-42(3)68)57(84-62)51(73)46(71)38-65/h43-48,50-60,65-67,69-71,73-77H,4-41H2,1-3H3,(H,63,68)(H,64,72)(H,78,79). The third kappa shape index (κ3) is 27.8. The molecule has 85 heavy (non-hydrogen) atoms. The van der Waals surface area contributed by atoms with Gasteiger partial charge in [0.2, 0.25) is 11.8 Å². The number of rotatable bonds is 49. The number of carboxylic acid groups (broad SMARTS) is 1. The van der Waals surface area contributed by atoms with Gasteiger partial charge in [-0.25, -0.2) is 4.79 Å². The molecule has 3 aliphatic heterocycles. The molecule has 0 aromatic heterocycles. The predicted octanol–water partition coefficient (Wildman–Crippen LogP) is 4.56. The van der Waals surface area contributed by atoms with Crippen LogP contribution in [0.4, 0.5) is 0 Å². The van der Waals surface area contributed by atoms with Crippen molar-refractivity contribution >= 4 is 17.8 Å². The van der Waals surface area contributed by atoms with E-state index in [1.54, 1.807) is 0 Å². The van der Waals surface area contributed by atoms with Gasteiger partial charge >= 0.3 is 5.97 Å². The van der Waals surface area contributed by atoms with Gasteiger partial charge in [-0.1, -0.05) is 206 Å². The van der Waals surface area contributed by atoms with Crippen molar-refractivity contribution in [3.05, 3.63) is 0 Å². The van der Waals surface area contributed by atoms with Crippen molar-refractivity contribution < 1.29 is 104 Å². The highest BCUT2D eigenvalue weighted by Gasteiger charge is 2.60. The van der Waals surface area contributed by atoms with Gasteiger partial charge in [0, 0.05) is 19.8 Å². The summed E-state index contributed by atoms with van der Waals surface area (Å²) in [5.41, 5.74) is 0. The van der Waals surface area contributed by atoms with Crippen LogP contribution in [0.1, 0.15) is 239 Å². The predicted molar refractivity (Wildman–Crippen MR) is 315 cm³/mol.